The number of rotatable bonds is 2. The topological polar surface area (TPSA) is 46.3 Å². The van der Waals surface area contributed by atoms with Crippen LogP contribution in [0.1, 0.15) is 17.5 Å². The lowest BCUT2D eigenvalue weighted by atomic mass is 9.97. The Labute approximate surface area is 113 Å². The fourth-order valence-electron chi connectivity index (χ4n) is 2.45. The smallest absolute Gasteiger partial charge is 0.351 e. The second-order valence-corrected chi connectivity index (χ2v) is 4.96. The van der Waals surface area contributed by atoms with Crippen LogP contribution in [-0.2, 0) is 12.6 Å². The van der Waals surface area contributed by atoms with Crippen molar-refractivity contribution in [1.82, 2.24) is 4.90 Å². The molecule has 1 unspecified atom stereocenters. The van der Waals surface area contributed by atoms with Gasteiger partial charge in [0.15, 0.2) is 0 Å². The summed E-state index contributed by atoms with van der Waals surface area (Å²) in [5.74, 6) is -1.17. The van der Waals surface area contributed by atoms with E-state index in [0.717, 1.165) is 12.1 Å². The predicted molar refractivity (Wildman–Crippen MR) is 64.4 cm³/mol. The summed E-state index contributed by atoms with van der Waals surface area (Å²) in [6.07, 6.45) is -3.54. The number of carbonyl (C=O) groups excluding carboxylic acids is 1. The lowest BCUT2D eigenvalue weighted by molar-refractivity contribution is -0.140. The lowest BCUT2D eigenvalue weighted by Crippen LogP contribution is -2.33. The normalized spacial score (nSPS) is 19.4. The first-order valence-corrected chi connectivity index (χ1v) is 6.17. The van der Waals surface area contributed by atoms with Crippen molar-refractivity contribution in [3.05, 3.63) is 35.1 Å². The van der Waals surface area contributed by atoms with Gasteiger partial charge in [-0.1, -0.05) is 6.07 Å². The Hall–Kier alpha value is -1.79. The first-order valence-electron chi connectivity index (χ1n) is 6.17. The van der Waals surface area contributed by atoms with Crippen molar-refractivity contribution in [3.8, 4) is 0 Å². The fourth-order valence-corrected chi connectivity index (χ4v) is 2.45. The molecule has 0 saturated carbocycles. The predicted octanol–water partition coefficient (Wildman–Crippen LogP) is 2.79. The van der Waals surface area contributed by atoms with Gasteiger partial charge in [0.1, 0.15) is 5.82 Å². The van der Waals surface area contributed by atoms with Crippen LogP contribution < -0.4 is 5.73 Å². The molecule has 1 aromatic carbocycles. The largest absolute Gasteiger partial charge is 0.419 e. The SMILES string of the molecule is NC(=O)N1CCC(Cc2ccc(C(F)(F)F)c(F)c2)C1. The summed E-state index contributed by atoms with van der Waals surface area (Å²) in [5, 5.41) is 0. The molecular formula is C13H14F4N2O. The lowest BCUT2D eigenvalue weighted by Gasteiger charge is -2.14. The van der Waals surface area contributed by atoms with Gasteiger partial charge in [-0.25, -0.2) is 9.18 Å². The zero-order valence-electron chi connectivity index (χ0n) is 10.6. The van der Waals surface area contributed by atoms with Gasteiger partial charge in [-0.05, 0) is 36.5 Å². The molecule has 1 aliphatic rings. The van der Waals surface area contributed by atoms with Crippen molar-refractivity contribution in [2.24, 2.45) is 11.7 Å². The van der Waals surface area contributed by atoms with Crippen LogP contribution in [0.15, 0.2) is 18.2 Å². The third-order valence-corrected chi connectivity index (χ3v) is 3.46. The van der Waals surface area contributed by atoms with E-state index in [9.17, 15) is 22.4 Å². The summed E-state index contributed by atoms with van der Waals surface area (Å²) in [6.45, 7) is 0.987. The van der Waals surface area contributed by atoms with E-state index in [2.05, 4.69) is 0 Å². The Balaban J connectivity index is 2.05. The van der Waals surface area contributed by atoms with Crippen molar-refractivity contribution in [1.29, 1.82) is 0 Å². The molecule has 110 valence electrons. The van der Waals surface area contributed by atoms with Gasteiger partial charge in [-0.3, -0.25) is 0 Å². The van der Waals surface area contributed by atoms with E-state index in [-0.39, 0.29) is 5.92 Å². The van der Waals surface area contributed by atoms with E-state index >= 15 is 0 Å². The molecule has 3 nitrogen and oxygen atoms in total. The van der Waals surface area contributed by atoms with Gasteiger partial charge >= 0.3 is 12.2 Å². The number of likely N-dealkylation sites (tertiary alicyclic amines) is 1. The number of hydrogen-bond donors (Lipinski definition) is 1. The Morgan fingerprint density at radius 2 is 2.10 bits per heavy atom. The highest BCUT2D eigenvalue weighted by Gasteiger charge is 2.34. The van der Waals surface area contributed by atoms with Crippen LogP contribution in [-0.4, -0.2) is 24.0 Å². The average Bonchev–Trinajstić information content (AvgIpc) is 2.76. The standard InChI is InChI=1S/C13H14F4N2O/c14-11-6-8(1-2-10(11)13(15,16)17)5-9-3-4-19(7-9)12(18)20/h1-2,6,9H,3-5,7H2,(H2,18,20). The third kappa shape index (κ3) is 3.20. The zero-order chi connectivity index (χ0) is 14.9. The maximum atomic E-state index is 13.4. The molecule has 1 saturated heterocycles. The van der Waals surface area contributed by atoms with Crippen molar-refractivity contribution in [2.45, 2.75) is 19.0 Å². The average molecular weight is 290 g/mol. The highest BCUT2D eigenvalue weighted by atomic mass is 19.4. The van der Waals surface area contributed by atoms with Crippen molar-refractivity contribution in [2.75, 3.05) is 13.1 Å². The Bertz CT molecular complexity index is 516. The van der Waals surface area contributed by atoms with Gasteiger partial charge in [0.25, 0.3) is 0 Å². The molecule has 0 aromatic heterocycles. The van der Waals surface area contributed by atoms with Gasteiger partial charge in [-0.2, -0.15) is 13.2 Å². The minimum Gasteiger partial charge on any atom is -0.351 e. The number of amides is 2. The van der Waals surface area contributed by atoms with Crippen LogP contribution in [0.25, 0.3) is 0 Å². The molecule has 1 fully saturated rings. The molecule has 20 heavy (non-hydrogen) atoms. The summed E-state index contributed by atoms with van der Waals surface area (Å²) in [6, 6.07) is 2.44. The first kappa shape index (κ1) is 14.6. The summed E-state index contributed by atoms with van der Waals surface area (Å²) >= 11 is 0. The van der Waals surface area contributed by atoms with E-state index in [1.54, 1.807) is 0 Å². The Kier molecular flexibility index (Phi) is 3.87. The molecule has 2 amide bonds. The van der Waals surface area contributed by atoms with Crippen LogP contribution in [0.4, 0.5) is 22.4 Å². The Morgan fingerprint density at radius 3 is 2.60 bits per heavy atom. The van der Waals surface area contributed by atoms with Crippen molar-refractivity contribution in [3.63, 3.8) is 0 Å². The molecule has 7 heteroatoms. The van der Waals surface area contributed by atoms with Crippen LogP contribution in [0.2, 0.25) is 0 Å². The van der Waals surface area contributed by atoms with E-state index in [0.29, 0.717) is 31.5 Å². The molecule has 1 atom stereocenters. The number of urea groups is 1. The second-order valence-electron chi connectivity index (χ2n) is 4.96. The number of nitrogens with two attached hydrogens (primary N) is 1. The second kappa shape index (κ2) is 5.30. The molecular weight excluding hydrogens is 276 g/mol. The zero-order valence-corrected chi connectivity index (χ0v) is 10.6. The maximum Gasteiger partial charge on any atom is 0.419 e. The number of carbonyl (C=O) groups is 1. The highest BCUT2D eigenvalue weighted by molar-refractivity contribution is 5.72. The molecule has 1 heterocycles. The van der Waals surface area contributed by atoms with Gasteiger partial charge < -0.3 is 10.6 Å². The Morgan fingerprint density at radius 1 is 1.40 bits per heavy atom. The monoisotopic (exact) mass is 290 g/mol. The fraction of sp³-hybridized carbons (Fsp3) is 0.462. The molecule has 0 spiro atoms. The minimum atomic E-state index is -4.68. The van der Waals surface area contributed by atoms with Gasteiger partial charge in [0.05, 0.1) is 5.56 Å². The van der Waals surface area contributed by atoms with Gasteiger partial charge in [-0.15, -0.1) is 0 Å². The molecule has 1 aromatic rings. The molecule has 1 aliphatic heterocycles. The maximum absolute atomic E-state index is 13.4. The van der Waals surface area contributed by atoms with Crippen LogP contribution in [0.3, 0.4) is 0 Å². The molecule has 0 radical (unpaired) electrons. The van der Waals surface area contributed by atoms with E-state index in [4.69, 9.17) is 5.73 Å². The van der Waals surface area contributed by atoms with Crippen LogP contribution in [0.5, 0.6) is 0 Å². The number of benzene rings is 1. The molecule has 0 bridgehead atoms. The third-order valence-electron chi connectivity index (χ3n) is 3.46. The van der Waals surface area contributed by atoms with E-state index < -0.39 is 23.6 Å². The van der Waals surface area contributed by atoms with Crippen molar-refractivity contribution < 1.29 is 22.4 Å². The quantitative estimate of drug-likeness (QED) is 0.836. The highest BCUT2D eigenvalue weighted by Crippen LogP contribution is 2.32. The van der Waals surface area contributed by atoms with Crippen molar-refractivity contribution >= 4 is 6.03 Å². The number of halogens is 4. The van der Waals surface area contributed by atoms with Crippen LogP contribution >= 0.6 is 0 Å². The van der Waals surface area contributed by atoms with Crippen LogP contribution in [0, 0.1) is 11.7 Å². The number of nitrogens with zero attached hydrogens (tertiary/aromatic N) is 1. The summed E-state index contributed by atoms with van der Waals surface area (Å²) in [7, 11) is 0. The molecule has 2 N–H and O–H groups in total. The minimum absolute atomic E-state index is 0.0960. The number of primary amides is 1. The summed E-state index contributed by atoms with van der Waals surface area (Å²) in [5.41, 5.74) is 4.38. The molecule has 0 aliphatic carbocycles. The number of hydrogen-bond acceptors (Lipinski definition) is 1. The number of alkyl halides is 3. The van der Waals surface area contributed by atoms with E-state index in [1.807, 2.05) is 0 Å². The summed E-state index contributed by atoms with van der Waals surface area (Å²) < 4.78 is 50.7. The van der Waals surface area contributed by atoms with Gasteiger partial charge in [0.2, 0.25) is 0 Å². The molecule has 2 rings (SSSR count). The van der Waals surface area contributed by atoms with E-state index in [1.165, 1.54) is 11.0 Å². The van der Waals surface area contributed by atoms with Gasteiger partial charge in [0, 0.05) is 13.1 Å². The summed E-state index contributed by atoms with van der Waals surface area (Å²) in [4.78, 5) is 12.4. The first-order chi connectivity index (χ1) is 9.27.